The van der Waals surface area contributed by atoms with E-state index < -0.39 is 0 Å². The molecule has 2 unspecified atom stereocenters. The lowest BCUT2D eigenvalue weighted by atomic mass is 10.0. The summed E-state index contributed by atoms with van der Waals surface area (Å²) in [4.78, 5) is 13.5. The largest absolute Gasteiger partial charge is 0.439 e. The van der Waals surface area contributed by atoms with Crippen molar-refractivity contribution in [1.29, 1.82) is 0 Å². The van der Waals surface area contributed by atoms with E-state index in [4.69, 9.17) is 4.74 Å². The first-order chi connectivity index (χ1) is 6.67. The summed E-state index contributed by atoms with van der Waals surface area (Å²) in [5.41, 5.74) is -0.222. The smallest absolute Gasteiger partial charge is 0.410 e. The van der Waals surface area contributed by atoms with Crippen LogP contribution in [-0.2, 0) is 4.74 Å². The Morgan fingerprint density at radius 2 is 2.50 bits per heavy atom. The minimum absolute atomic E-state index is 0.136. The number of ether oxygens (including phenoxy) is 1. The highest BCUT2D eigenvalue weighted by atomic mass is 16.6. The summed E-state index contributed by atoms with van der Waals surface area (Å²) in [5, 5.41) is 3.25. The van der Waals surface area contributed by atoms with E-state index in [-0.39, 0.29) is 11.7 Å². The molecule has 2 rings (SSSR count). The molecule has 2 saturated heterocycles. The monoisotopic (exact) mass is 198 g/mol. The lowest BCUT2D eigenvalue weighted by Crippen LogP contribution is -2.39. The number of carbonyl (C=O) groups is 1. The number of nitrogens with zero attached hydrogens (tertiary/aromatic N) is 1. The molecule has 0 aliphatic carbocycles. The molecule has 2 heterocycles. The fourth-order valence-corrected chi connectivity index (χ4v) is 2.15. The van der Waals surface area contributed by atoms with E-state index in [0.29, 0.717) is 6.04 Å². The second-order valence-electron chi connectivity index (χ2n) is 4.36. The number of carbonyl (C=O) groups excluding carboxylic acids is 1. The van der Waals surface area contributed by atoms with Crippen LogP contribution in [0.2, 0.25) is 0 Å². The van der Waals surface area contributed by atoms with Gasteiger partial charge in [-0.25, -0.2) is 4.79 Å². The standard InChI is InChI=1S/C10H18N2O2/c1-3-8(2)12-7-10(14-9(12)13)4-5-11-6-10/h8,11H,3-7H2,1-2H3. The van der Waals surface area contributed by atoms with Crippen molar-refractivity contribution in [2.24, 2.45) is 0 Å². The SMILES string of the molecule is CCC(C)N1CC2(CCNC2)OC1=O. The minimum Gasteiger partial charge on any atom is -0.439 e. The zero-order valence-corrected chi connectivity index (χ0v) is 8.88. The predicted molar refractivity (Wildman–Crippen MR) is 53.2 cm³/mol. The van der Waals surface area contributed by atoms with Crippen molar-refractivity contribution >= 4 is 6.09 Å². The lowest BCUT2D eigenvalue weighted by Gasteiger charge is -2.22. The fourth-order valence-electron chi connectivity index (χ4n) is 2.15. The number of hydrogen-bond donors (Lipinski definition) is 1. The summed E-state index contributed by atoms with van der Waals surface area (Å²) in [7, 11) is 0. The fraction of sp³-hybridized carbons (Fsp3) is 0.900. The summed E-state index contributed by atoms with van der Waals surface area (Å²) >= 11 is 0. The van der Waals surface area contributed by atoms with Crippen LogP contribution in [0.5, 0.6) is 0 Å². The highest BCUT2D eigenvalue weighted by Gasteiger charge is 2.47. The number of rotatable bonds is 2. The molecule has 80 valence electrons. The molecule has 2 atom stereocenters. The van der Waals surface area contributed by atoms with Crippen molar-refractivity contribution in [2.45, 2.75) is 38.3 Å². The first-order valence-electron chi connectivity index (χ1n) is 5.37. The maximum absolute atomic E-state index is 11.6. The third-order valence-corrected chi connectivity index (χ3v) is 3.32. The van der Waals surface area contributed by atoms with Crippen LogP contribution in [0.3, 0.4) is 0 Å². The molecule has 2 aliphatic rings. The van der Waals surface area contributed by atoms with Gasteiger partial charge in [0, 0.05) is 19.0 Å². The van der Waals surface area contributed by atoms with E-state index in [1.807, 2.05) is 4.90 Å². The lowest BCUT2D eigenvalue weighted by molar-refractivity contribution is 0.0726. The quantitative estimate of drug-likeness (QED) is 0.719. The van der Waals surface area contributed by atoms with Crippen LogP contribution in [0.4, 0.5) is 4.79 Å². The Labute approximate surface area is 84.6 Å². The highest BCUT2D eigenvalue weighted by Crippen LogP contribution is 2.30. The van der Waals surface area contributed by atoms with Gasteiger partial charge >= 0.3 is 6.09 Å². The van der Waals surface area contributed by atoms with Gasteiger partial charge in [0.2, 0.25) is 0 Å². The van der Waals surface area contributed by atoms with E-state index in [1.165, 1.54) is 0 Å². The first kappa shape index (κ1) is 9.77. The van der Waals surface area contributed by atoms with E-state index in [0.717, 1.165) is 32.5 Å². The van der Waals surface area contributed by atoms with Gasteiger partial charge in [0.05, 0.1) is 6.54 Å². The van der Waals surface area contributed by atoms with Crippen LogP contribution in [0.15, 0.2) is 0 Å². The Kier molecular flexibility index (Phi) is 2.39. The van der Waals surface area contributed by atoms with Gasteiger partial charge in [-0.3, -0.25) is 0 Å². The number of amides is 1. The van der Waals surface area contributed by atoms with Crippen LogP contribution in [0.1, 0.15) is 26.7 Å². The number of nitrogens with one attached hydrogen (secondary N) is 1. The molecule has 0 saturated carbocycles. The highest BCUT2D eigenvalue weighted by molar-refractivity contribution is 5.71. The van der Waals surface area contributed by atoms with Crippen LogP contribution >= 0.6 is 0 Å². The van der Waals surface area contributed by atoms with Gasteiger partial charge in [-0.05, 0) is 19.9 Å². The van der Waals surface area contributed by atoms with Gasteiger partial charge in [-0.1, -0.05) is 6.92 Å². The normalized spacial score (nSPS) is 33.9. The van der Waals surface area contributed by atoms with Crippen molar-refractivity contribution < 1.29 is 9.53 Å². The summed E-state index contributed by atoms with van der Waals surface area (Å²) in [5.74, 6) is 0. The Balaban J connectivity index is 2.06. The minimum atomic E-state index is -0.222. The van der Waals surface area contributed by atoms with Crippen LogP contribution in [0.25, 0.3) is 0 Å². The van der Waals surface area contributed by atoms with Crippen LogP contribution < -0.4 is 5.32 Å². The zero-order chi connectivity index (χ0) is 10.2. The third kappa shape index (κ3) is 1.47. The van der Waals surface area contributed by atoms with Crippen molar-refractivity contribution in [1.82, 2.24) is 10.2 Å². The Bertz CT molecular complexity index is 236. The predicted octanol–water partition coefficient (Wildman–Crippen LogP) is 0.969. The van der Waals surface area contributed by atoms with E-state index in [2.05, 4.69) is 19.2 Å². The first-order valence-corrected chi connectivity index (χ1v) is 5.37. The Hall–Kier alpha value is -0.770. The molecule has 0 aromatic rings. The molecule has 4 nitrogen and oxygen atoms in total. The van der Waals surface area contributed by atoms with Crippen LogP contribution in [-0.4, -0.2) is 42.3 Å². The molecule has 1 amide bonds. The van der Waals surface area contributed by atoms with E-state index in [1.54, 1.807) is 0 Å². The molecule has 1 N–H and O–H groups in total. The van der Waals surface area contributed by atoms with Crippen LogP contribution in [0, 0.1) is 0 Å². The molecule has 0 radical (unpaired) electrons. The molecular weight excluding hydrogens is 180 g/mol. The number of hydrogen-bond acceptors (Lipinski definition) is 3. The second-order valence-corrected chi connectivity index (χ2v) is 4.36. The van der Waals surface area contributed by atoms with Gasteiger partial charge in [0.25, 0.3) is 0 Å². The third-order valence-electron chi connectivity index (χ3n) is 3.32. The van der Waals surface area contributed by atoms with E-state index in [9.17, 15) is 4.79 Å². The Morgan fingerprint density at radius 3 is 3.07 bits per heavy atom. The molecule has 1 spiro atoms. The summed E-state index contributed by atoms with van der Waals surface area (Å²) in [6.07, 6.45) is 1.80. The Morgan fingerprint density at radius 1 is 1.71 bits per heavy atom. The summed E-state index contributed by atoms with van der Waals surface area (Å²) in [6, 6.07) is 0.294. The summed E-state index contributed by atoms with van der Waals surface area (Å²) < 4.78 is 5.47. The molecule has 0 aromatic heterocycles. The zero-order valence-electron chi connectivity index (χ0n) is 8.88. The van der Waals surface area contributed by atoms with Gasteiger partial charge in [0.1, 0.15) is 5.60 Å². The average Bonchev–Trinajstić information content (AvgIpc) is 2.74. The average molecular weight is 198 g/mol. The maximum atomic E-state index is 11.6. The van der Waals surface area contributed by atoms with Crippen molar-refractivity contribution in [3.05, 3.63) is 0 Å². The van der Waals surface area contributed by atoms with Crippen molar-refractivity contribution in [3.8, 4) is 0 Å². The molecular formula is C10H18N2O2. The van der Waals surface area contributed by atoms with Crippen molar-refractivity contribution in [3.63, 3.8) is 0 Å². The van der Waals surface area contributed by atoms with Gasteiger partial charge in [-0.15, -0.1) is 0 Å². The molecule has 0 bridgehead atoms. The topological polar surface area (TPSA) is 41.6 Å². The maximum Gasteiger partial charge on any atom is 0.410 e. The molecule has 2 aliphatic heterocycles. The van der Waals surface area contributed by atoms with Gasteiger partial charge in [0.15, 0.2) is 0 Å². The van der Waals surface area contributed by atoms with Gasteiger partial charge < -0.3 is 15.0 Å². The molecule has 4 heteroatoms. The molecule has 14 heavy (non-hydrogen) atoms. The second kappa shape index (κ2) is 3.42. The molecule has 2 fully saturated rings. The molecule has 0 aromatic carbocycles. The van der Waals surface area contributed by atoms with Crippen molar-refractivity contribution in [2.75, 3.05) is 19.6 Å². The van der Waals surface area contributed by atoms with E-state index >= 15 is 0 Å². The summed E-state index contributed by atoms with van der Waals surface area (Å²) in [6.45, 7) is 6.69. The van der Waals surface area contributed by atoms with Gasteiger partial charge in [-0.2, -0.15) is 0 Å².